The minimum absolute atomic E-state index is 0.0323. The number of benzene rings is 2. The maximum absolute atomic E-state index is 13.8. The molecule has 274 valence electrons. The number of phenols is 1. The summed E-state index contributed by atoms with van der Waals surface area (Å²) in [5.74, 6) is -0.456. The van der Waals surface area contributed by atoms with E-state index in [2.05, 4.69) is 39.9 Å². The first-order valence-corrected chi connectivity index (χ1v) is 18.5. The Labute approximate surface area is 306 Å². The van der Waals surface area contributed by atoms with E-state index in [0.717, 1.165) is 21.1 Å². The van der Waals surface area contributed by atoms with Gasteiger partial charge in [-0.3, -0.25) is 15.2 Å². The maximum atomic E-state index is 13.8. The van der Waals surface area contributed by atoms with Crippen molar-refractivity contribution in [2.45, 2.75) is 77.9 Å². The average Bonchev–Trinajstić information content (AvgIpc) is 3.79. The van der Waals surface area contributed by atoms with Crippen LogP contribution in [-0.4, -0.2) is 79.9 Å². The molecular weight excluding hydrogens is 691 g/mol. The number of phenolic OH excluding ortho intramolecular Hbond substituents is 1. The number of ether oxygens (including phenoxy) is 1. The minimum Gasteiger partial charge on any atom is -0.508 e. The van der Waals surface area contributed by atoms with Crippen LogP contribution < -0.4 is 16.1 Å². The Kier molecular flexibility index (Phi) is 14.7. The molecule has 15 heteroatoms. The average molecular weight is 738 g/mol. The fourth-order valence-electron chi connectivity index (χ4n) is 5.15. The Hall–Kier alpha value is -4.57. The molecule has 2 heterocycles. The number of carbonyl (C=O) groups is 3. The molecule has 51 heavy (non-hydrogen) atoms. The Morgan fingerprint density at radius 1 is 0.961 bits per heavy atom. The molecule has 5 N–H and O–H groups in total. The number of urea groups is 1. The second-order valence-electron chi connectivity index (χ2n) is 12.9. The summed E-state index contributed by atoms with van der Waals surface area (Å²) >= 11 is 2.91. The van der Waals surface area contributed by atoms with Gasteiger partial charge in [0.2, 0.25) is 0 Å². The number of aliphatic hydroxyl groups is 1. The smallest absolute Gasteiger partial charge is 0.407 e. The standard InChI is InChI=1S/C36H47N7O6S2/c1-23(2)32(40-35(47)42(5)18-27-21-50-34(38-27)24(3)4)33(46)41-43(17-26-12-9-13-28(44)14-26)19-31(45)30(15-25-10-7-6-8-11-25)39-36(48)49-20-29-16-37-22-51-29/h6-14,16,21-24,30-32,44-45H,15,17-20H2,1-5H3,(H,39,48)(H,40,47)(H,41,46)/t30-,31-,32+/m0/s1. The number of rotatable bonds is 17. The van der Waals surface area contributed by atoms with Crippen molar-refractivity contribution in [3.63, 3.8) is 0 Å². The van der Waals surface area contributed by atoms with Crippen LogP contribution in [0.4, 0.5) is 9.59 Å². The molecule has 2 aromatic carbocycles. The van der Waals surface area contributed by atoms with Crippen LogP contribution >= 0.6 is 22.7 Å². The number of aromatic hydroxyl groups is 1. The monoisotopic (exact) mass is 737 g/mol. The first-order valence-electron chi connectivity index (χ1n) is 16.7. The van der Waals surface area contributed by atoms with Crippen LogP contribution in [0.5, 0.6) is 5.75 Å². The summed E-state index contributed by atoms with van der Waals surface area (Å²) in [6.07, 6.45) is -0.00697. The highest BCUT2D eigenvalue weighted by Gasteiger charge is 2.30. The summed E-state index contributed by atoms with van der Waals surface area (Å²) in [5, 5.41) is 31.8. The zero-order valence-corrected chi connectivity index (χ0v) is 31.1. The fraction of sp³-hybridized carbons (Fsp3) is 0.417. The lowest BCUT2D eigenvalue weighted by atomic mass is 10.0. The molecule has 3 atom stereocenters. The Balaban J connectivity index is 1.48. The topological polar surface area (TPSA) is 169 Å². The molecule has 0 radical (unpaired) electrons. The van der Waals surface area contributed by atoms with E-state index in [1.807, 2.05) is 49.6 Å². The number of hydrogen-bond acceptors (Lipinski definition) is 11. The summed E-state index contributed by atoms with van der Waals surface area (Å²) < 4.78 is 5.40. The fourth-order valence-corrected chi connectivity index (χ4v) is 6.48. The van der Waals surface area contributed by atoms with E-state index in [9.17, 15) is 24.6 Å². The highest BCUT2D eigenvalue weighted by atomic mass is 32.1. The largest absolute Gasteiger partial charge is 0.508 e. The van der Waals surface area contributed by atoms with Crippen LogP contribution in [0.1, 0.15) is 60.3 Å². The van der Waals surface area contributed by atoms with Crippen molar-refractivity contribution in [2.75, 3.05) is 13.6 Å². The molecule has 4 aromatic rings. The van der Waals surface area contributed by atoms with E-state index >= 15 is 0 Å². The van der Waals surface area contributed by atoms with Gasteiger partial charge in [0, 0.05) is 37.6 Å². The van der Waals surface area contributed by atoms with Crippen molar-refractivity contribution >= 4 is 40.7 Å². The molecule has 0 aliphatic rings. The third kappa shape index (κ3) is 12.6. The van der Waals surface area contributed by atoms with Crippen LogP contribution in [-0.2, 0) is 35.6 Å². The van der Waals surface area contributed by atoms with Crippen molar-refractivity contribution < 1.29 is 29.3 Å². The number of aliphatic hydroxyl groups excluding tert-OH is 1. The van der Waals surface area contributed by atoms with Gasteiger partial charge < -0.3 is 30.5 Å². The lowest BCUT2D eigenvalue weighted by molar-refractivity contribution is -0.130. The molecule has 0 bridgehead atoms. The number of nitrogens with zero attached hydrogens (tertiary/aromatic N) is 4. The molecule has 0 aliphatic heterocycles. The van der Waals surface area contributed by atoms with E-state index in [0.29, 0.717) is 5.56 Å². The van der Waals surface area contributed by atoms with Crippen molar-refractivity contribution in [1.29, 1.82) is 0 Å². The highest BCUT2D eigenvalue weighted by Crippen LogP contribution is 2.20. The minimum atomic E-state index is -1.19. The number of alkyl carbamates (subject to hydrolysis) is 1. The maximum Gasteiger partial charge on any atom is 0.407 e. The molecule has 0 saturated heterocycles. The first kappa shape index (κ1) is 39.2. The number of hydrazine groups is 1. The van der Waals surface area contributed by atoms with Gasteiger partial charge in [0.25, 0.3) is 5.91 Å². The van der Waals surface area contributed by atoms with E-state index in [4.69, 9.17) is 4.74 Å². The van der Waals surface area contributed by atoms with E-state index in [-0.39, 0.29) is 50.2 Å². The molecule has 4 rings (SSSR count). The van der Waals surface area contributed by atoms with Gasteiger partial charge >= 0.3 is 12.1 Å². The summed E-state index contributed by atoms with van der Waals surface area (Å²) in [6.45, 7) is 8.07. The summed E-state index contributed by atoms with van der Waals surface area (Å²) in [5.41, 5.74) is 6.83. The normalized spacial score (nSPS) is 13.1. The van der Waals surface area contributed by atoms with Crippen LogP contribution in [0, 0.1) is 5.92 Å². The zero-order valence-electron chi connectivity index (χ0n) is 29.5. The summed E-state index contributed by atoms with van der Waals surface area (Å²) in [4.78, 5) is 50.8. The SMILES string of the molecule is CC(C)c1nc(CN(C)C(=O)N[C@@H](C(=O)NN(Cc2cccc(O)c2)C[C@H](O)[C@H](Cc2ccccc2)NC(=O)OCc2cncs2)C(C)C)cs1. The van der Waals surface area contributed by atoms with Gasteiger partial charge in [-0.15, -0.1) is 22.7 Å². The number of aromatic nitrogens is 2. The first-order chi connectivity index (χ1) is 24.4. The predicted molar refractivity (Wildman–Crippen MR) is 197 cm³/mol. The molecular formula is C36H47N7O6S2. The lowest BCUT2D eigenvalue weighted by Gasteiger charge is -2.32. The number of nitrogens with one attached hydrogen (secondary N) is 3. The predicted octanol–water partition coefficient (Wildman–Crippen LogP) is 5.03. The second kappa shape index (κ2) is 19.2. The van der Waals surface area contributed by atoms with Gasteiger partial charge in [0.15, 0.2) is 0 Å². The Morgan fingerprint density at radius 3 is 2.35 bits per heavy atom. The quantitative estimate of drug-likeness (QED) is 0.0934. The molecule has 13 nitrogen and oxygen atoms in total. The second-order valence-corrected chi connectivity index (χ2v) is 14.8. The van der Waals surface area contributed by atoms with Crippen LogP contribution in [0.3, 0.4) is 0 Å². The zero-order chi connectivity index (χ0) is 36.9. The number of hydrogen-bond donors (Lipinski definition) is 5. The third-order valence-corrected chi connectivity index (χ3v) is 9.84. The molecule has 0 saturated carbocycles. The van der Waals surface area contributed by atoms with Gasteiger partial charge in [-0.05, 0) is 35.6 Å². The van der Waals surface area contributed by atoms with Crippen molar-refractivity contribution in [3.8, 4) is 5.75 Å². The summed E-state index contributed by atoms with van der Waals surface area (Å²) in [7, 11) is 1.64. The van der Waals surface area contributed by atoms with Crippen molar-refractivity contribution in [1.82, 2.24) is 35.9 Å². The van der Waals surface area contributed by atoms with E-state index in [1.165, 1.54) is 27.3 Å². The third-order valence-electron chi connectivity index (χ3n) is 7.89. The van der Waals surface area contributed by atoms with Crippen LogP contribution in [0.25, 0.3) is 0 Å². The molecule has 0 spiro atoms. The Bertz CT molecular complexity index is 1690. The van der Waals surface area contributed by atoms with E-state index in [1.54, 1.807) is 48.3 Å². The van der Waals surface area contributed by atoms with Crippen molar-refractivity contribution in [3.05, 3.63) is 98.4 Å². The van der Waals surface area contributed by atoms with Gasteiger partial charge in [-0.25, -0.2) is 19.6 Å². The lowest BCUT2D eigenvalue weighted by Crippen LogP contribution is -2.58. The van der Waals surface area contributed by atoms with Gasteiger partial charge in [0.05, 0.1) is 39.8 Å². The van der Waals surface area contributed by atoms with Crippen molar-refractivity contribution in [2.24, 2.45) is 5.92 Å². The summed E-state index contributed by atoms with van der Waals surface area (Å²) in [6, 6.07) is 13.8. The van der Waals surface area contributed by atoms with Crippen LogP contribution in [0.2, 0.25) is 0 Å². The van der Waals surface area contributed by atoms with Gasteiger partial charge in [-0.1, -0.05) is 70.2 Å². The molecule has 2 aromatic heterocycles. The Morgan fingerprint density at radius 2 is 1.71 bits per heavy atom. The van der Waals surface area contributed by atoms with E-state index < -0.39 is 36.2 Å². The van der Waals surface area contributed by atoms with Crippen LogP contribution in [0.15, 0.2) is 71.7 Å². The van der Waals surface area contributed by atoms with Gasteiger partial charge in [0.1, 0.15) is 18.4 Å². The molecule has 0 aliphatic carbocycles. The molecule has 4 amide bonds. The molecule has 0 unspecified atom stereocenters. The number of thiazole rings is 2. The highest BCUT2D eigenvalue weighted by molar-refractivity contribution is 7.09. The number of amides is 4. The molecule has 0 fully saturated rings. The van der Waals surface area contributed by atoms with Gasteiger partial charge in [-0.2, -0.15) is 0 Å². The number of carbonyl (C=O) groups excluding carboxylic acids is 3.